The van der Waals surface area contributed by atoms with Gasteiger partial charge >= 0.3 is 0 Å². The van der Waals surface area contributed by atoms with Crippen molar-refractivity contribution in [3.05, 3.63) is 83.2 Å². The molecule has 0 amide bonds. The average Bonchev–Trinajstić information content (AvgIpc) is 3.16. The molecule has 0 fully saturated rings. The van der Waals surface area contributed by atoms with Crippen molar-refractivity contribution < 1.29 is 8.42 Å². The van der Waals surface area contributed by atoms with Crippen molar-refractivity contribution in [3.63, 3.8) is 0 Å². The van der Waals surface area contributed by atoms with Crippen LogP contribution in [-0.2, 0) is 22.7 Å². The van der Waals surface area contributed by atoms with Crippen LogP contribution < -0.4 is 5.32 Å². The highest BCUT2D eigenvalue weighted by Crippen LogP contribution is 2.33. The molecule has 0 aliphatic heterocycles. The zero-order chi connectivity index (χ0) is 24.1. The topological polar surface area (TPSA) is 74.8 Å². The lowest BCUT2D eigenvalue weighted by Crippen LogP contribution is -2.18. The van der Waals surface area contributed by atoms with Gasteiger partial charge in [-0.3, -0.25) is 4.98 Å². The van der Waals surface area contributed by atoms with Gasteiger partial charge in [0, 0.05) is 35.2 Å². The first-order chi connectivity index (χ1) is 16.3. The van der Waals surface area contributed by atoms with E-state index in [9.17, 15) is 8.42 Å². The maximum atomic E-state index is 12.2. The predicted molar refractivity (Wildman–Crippen MR) is 140 cm³/mol. The molecule has 0 saturated carbocycles. The number of rotatable bonds is 10. The Balaban J connectivity index is 1.50. The number of pyridine rings is 1. The molecule has 178 valence electrons. The number of sulfone groups is 1. The fourth-order valence-corrected chi connectivity index (χ4v) is 5.20. The molecular formula is C28H33N3O2S. The fraction of sp³-hybridized carbons (Fsp3) is 0.321. The van der Waals surface area contributed by atoms with E-state index in [1.54, 1.807) is 6.07 Å². The third-order valence-electron chi connectivity index (χ3n) is 6.19. The normalized spacial score (nSPS) is 11.9. The first-order valence-corrected chi connectivity index (χ1v) is 13.7. The molecule has 2 N–H and O–H groups in total. The molecule has 0 saturated heterocycles. The van der Waals surface area contributed by atoms with Gasteiger partial charge in [-0.2, -0.15) is 0 Å². The Labute approximate surface area is 202 Å². The molecule has 0 unspecified atom stereocenters. The second kappa shape index (κ2) is 10.5. The van der Waals surface area contributed by atoms with Crippen LogP contribution in [0.25, 0.3) is 22.2 Å². The van der Waals surface area contributed by atoms with Crippen LogP contribution in [0.1, 0.15) is 35.1 Å². The number of hydrogen-bond acceptors (Lipinski definition) is 4. The van der Waals surface area contributed by atoms with Crippen LogP contribution in [0.5, 0.6) is 0 Å². The summed E-state index contributed by atoms with van der Waals surface area (Å²) in [5.74, 6) is 0. The zero-order valence-electron chi connectivity index (χ0n) is 20.2. The van der Waals surface area contributed by atoms with Crippen molar-refractivity contribution in [1.29, 1.82) is 0 Å². The number of aromatic amines is 1. The highest BCUT2D eigenvalue weighted by Gasteiger charge is 2.16. The van der Waals surface area contributed by atoms with Crippen molar-refractivity contribution >= 4 is 20.7 Å². The molecule has 2 aromatic heterocycles. The minimum absolute atomic E-state index is 0.358. The number of unbranched alkanes of at least 4 members (excludes halogenated alkanes) is 1. The predicted octanol–water partition coefficient (Wildman–Crippen LogP) is 5.41. The van der Waals surface area contributed by atoms with E-state index in [0.717, 1.165) is 66.5 Å². The monoisotopic (exact) mass is 475 g/mol. The van der Waals surface area contributed by atoms with Gasteiger partial charge in [-0.1, -0.05) is 17.2 Å². The molecule has 0 aliphatic rings. The van der Waals surface area contributed by atoms with Gasteiger partial charge in [0.05, 0.1) is 4.90 Å². The lowest BCUT2D eigenvalue weighted by atomic mass is 9.99. The molecular weight excluding hydrogens is 442 g/mol. The molecule has 2 aromatic carbocycles. The quantitative estimate of drug-likeness (QED) is 0.301. The van der Waals surface area contributed by atoms with Gasteiger partial charge < -0.3 is 10.3 Å². The summed E-state index contributed by atoms with van der Waals surface area (Å²) in [5, 5.41) is 4.56. The third-order valence-corrected chi connectivity index (χ3v) is 7.30. The van der Waals surface area contributed by atoms with E-state index < -0.39 is 9.84 Å². The van der Waals surface area contributed by atoms with Crippen LogP contribution in [0, 0.1) is 13.8 Å². The Morgan fingerprint density at radius 2 is 1.62 bits per heavy atom. The second-order valence-electron chi connectivity index (χ2n) is 9.15. The van der Waals surface area contributed by atoms with Gasteiger partial charge in [-0.15, -0.1) is 0 Å². The van der Waals surface area contributed by atoms with Crippen molar-refractivity contribution in [3.8, 4) is 11.3 Å². The molecule has 5 nitrogen and oxygen atoms in total. The van der Waals surface area contributed by atoms with Crippen LogP contribution in [-0.4, -0.2) is 37.7 Å². The number of benzene rings is 2. The molecule has 34 heavy (non-hydrogen) atoms. The SMILES string of the molecule is Cc1cc(C)cc(-c2[nH]c3ccc(S(C)(=O)=O)cc3c2CCNCCCCc2ccncc2)c1. The molecule has 0 aliphatic carbocycles. The van der Waals surface area contributed by atoms with Crippen molar-refractivity contribution in [2.75, 3.05) is 19.3 Å². The van der Waals surface area contributed by atoms with Crippen LogP contribution >= 0.6 is 0 Å². The molecule has 6 heteroatoms. The number of hydrogen-bond donors (Lipinski definition) is 2. The summed E-state index contributed by atoms with van der Waals surface area (Å²) in [6, 6.07) is 16.1. The Bertz CT molecular complexity index is 1360. The zero-order valence-corrected chi connectivity index (χ0v) is 21.0. The number of aromatic nitrogens is 2. The first kappa shape index (κ1) is 24.2. The van der Waals surface area contributed by atoms with Crippen molar-refractivity contribution in [2.24, 2.45) is 0 Å². The van der Waals surface area contributed by atoms with Gasteiger partial charge in [0.2, 0.25) is 0 Å². The highest BCUT2D eigenvalue weighted by molar-refractivity contribution is 7.90. The molecule has 4 rings (SSSR count). The van der Waals surface area contributed by atoms with Crippen molar-refractivity contribution in [1.82, 2.24) is 15.3 Å². The average molecular weight is 476 g/mol. The van der Waals surface area contributed by atoms with E-state index in [1.165, 1.54) is 22.9 Å². The van der Waals surface area contributed by atoms with Gasteiger partial charge in [-0.25, -0.2) is 8.42 Å². The third kappa shape index (κ3) is 5.93. The van der Waals surface area contributed by atoms with E-state index in [2.05, 4.69) is 59.5 Å². The number of nitrogens with zero attached hydrogens (tertiary/aromatic N) is 1. The Hall–Kier alpha value is -2.96. The van der Waals surface area contributed by atoms with E-state index in [-0.39, 0.29) is 0 Å². The van der Waals surface area contributed by atoms with E-state index in [1.807, 2.05) is 24.5 Å². The van der Waals surface area contributed by atoms with Crippen LogP contribution in [0.2, 0.25) is 0 Å². The van der Waals surface area contributed by atoms with E-state index in [4.69, 9.17) is 0 Å². The maximum absolute atomic E-state index is 12.2. The van der Waals surface area contributed by atoms with Crippen LogP contribution in [0.4, 0.5) is 0 Å². The summed E-state index contributed by atoms with van der Waals surface area (Å²) in [6.07, 6.45) is 9.08. The molecule has 2 heterocycles. The number of fused-ring (bicyclic) bond motifs is 1. The maximum Gasteiger partial charge on any atom is 0.175 e. The van der Waals surface area contributed by atoms with Gasteiger partial charge in [0.15, 0.2) is 9.84 Å². The van der Waals surface area contributed by atoms with Gasteiger partial charge in [0.25, 0.3) is 0 Å². The van der Waals surface area contributed by atoms with Crippen LogP contribution in [0.3, 0.4) is 0 Å². The highest BCUT2D eigenvalue weighted by atomic mass is 32.2. The lowest BCUT2D eigenvalue weighted by molar-refractivity contribution is 0.602. The minimum Gasteiger partial charge on any atom is -0.354 e. The lowest BCUT2D eigenvalue weighted by Gasteiger charge is -2.09. The summed E-state index contributed by atoms with van der Waals surface area (Å²) >= 11 is 0. The molecule has 4 aromatic rings. The summed E-state index contributed by atoms with van der Waals surface area (Å²) in [7, 11) is -3.27. The first-order valence-electron chi connectivity index (χ1n) is 11.8. The summed E-state index contributed by atoms with van der Waals surface area (Å²) in [6.45, 7) is 6.01. The summed E-state index contributed by atoms with van der Waals surface area (Å²) < 4.78 is 24.4. The summed E-state index contributed by atoms with van der Waals surface area (Å²) in [5.41, 5.74) is 8.10. The fourth-order valence-electron chi connectivity index (χ4n) is 4.55. The second-order valence-corrected chi connectivity index (χ2v) is 11.2. The number of H-pyrrole nitrogens is 1. The van der Waals surface area contributed by atoms with E-state index >= 15 is 0 Å². The van der Waals surface area contributed by atoms with Crippen LogP contribution in [0.15, 0.2) is 65.8 Å². The molecule has 0 bridgehead atoms. The minimum atomic E-state index is -3.27. The standard InChI is InChI=1S/C28H33N3O2S/c1-20-16-21(2)18-23(17-20)28-25(26-19-24(34(3,32)33)7-8-27(26)31-28)11-15-29-12-5-4-6-22-9-13-30-14-10-22/h7-10,13-14,16-19,29,31H,4-6,11-12,15H2,1-3H3. The van der Waals surface area contributed by atoms with E-state index in [0.29, 0.717) is 4.90 Å². The Morgan fingerprint density at radius 1 is 0.882 bits per heavy atom. The van der Waals surface area contributed by atoms with Crippen molar-refractivity contribution in [2.45, 2.75) is 44.4 Å². The number of nitrogens with one attached hydrogen (secondary N) is 2. The molecule has 0 atom stereocenters. The molecule has 0 radical (unpaired) electrons. The Morgan fingerprint density at radius 3 is 2.32 bits per heavy atom. The van der Waals surface area contributed by atoms with Gasteiger partial charge in [0.1, 0.15) is 0 Å². The molecule has 0 spiro atoms. The Kier molecular flexibility index (Phi) is 7.49. The summed E-state index contributed by atoms with van der Waals surface area (Å²) in [4.78, 5) is 7.99. The number of aryl methyl sites for hydroxylation is 3. The smallest absolute Gasteiger partial charge is 0.175 e. The van der Waals surface area contributed by atoms with Gasteiger partial charge in [-0.05, 0) is 112 Å². The largest absolute Gasteiger partial charge is 0.354 e.